The maximum atomic E-state index is 10.0. The van der Waals surface area contributed by atoms with E-state index in [-0.39, 0.29) is 0 Å². The highest BCUT2D eigenvalue weighted by molar-refractivity contribution is 7.52. The molecule has 72 valence electrons. The first-order chi connectivity index (χ1) is 5.40. The van der Waals surface area contributed by atoms with Gasteiger partial charge in [-0.05, 0) is 6.92 Å². The van der Waals surface area contributed by atoms with Crippen molar-refractivity contribution in [3.8, 4) is 6.07 Å². The van der Waals surface area contributed by atoms with Crippen LogP contribution in [0.5, 0.6) is 0 Å². The van der Waals surface area contributed by atoms with Crippen LogP contribution in [-0.4, -0.2) is 15.4 Å². The molecule has 0 saturated heterocycles. The van der Waals surface area contributed by atoms with Gasteiger partial charge in [0.25, 0.3) is 0 Å². The van der Waals surface area contributed by atoms with Gasteiger partial charge in [-0.15, -0.1) is 0 Å². The van der Waals surface area contributed by atoms with Crippen molar-refractivity contribution in [2.75, 3.05) is 0 Å². The minimum Gasteiger partial charge on any atom is -0.324 e. The van der Waals surface area contributed by atoms with Crippen molar-refractivity contribution in [3.63, 3.8) is 0 Å². The summed E-state index contributed by atoms with van der Waals surface area (Å²) in [6.07, 6.45) is 2.64. The van der Waals surface area contributed by atoms with Crippen LogP contribution in [0.25, 0.3) is 0 Å². The molecule has 12 heavy (non-hydrogen) atoms. The lowest BCUT2D eigenvalue weighted by Crippen LogP contribution is -1.97. The monoisotopic (exact) mass is 193 g/mol. The quantitative estimate of drug-likeness (QED) is 0.656. The van der Waals surface area contributed by atoms with Gasteiger partial charge in [0.15, 0.2) is 0 Å². The van der Waals surface area contributed by atoms with Gasteiger partial charge < -0.3 is 9.79 Å². The van der Waals surface area contributed by atoms with Crippen LogP contribution in [0, 0.1) is 11.3 Å². The number of unbranched alkanes of at least 4 members (excludes halogenated alkanes) is 1. The zero-order valence-corrected chi connectivity index (χ0v) is 8.58. The summed E-state index contributed by atoms with van der Waals surface area (Å²) in [5.74, 6) is 0. The molecule has 0 aromatic heterocycles. The molecule has 0 aliphatic rings. The third-order valence-electron chi connectivity index (χ3n) is 1.19. The van der Waals surface area contributed by atoms with Gasteiger partial charge >= 0.3 is 7.60 Å². The van der Waals surface area contributed by atoms with Crippen LogP contribution in [0.4, 0.5) is 0 Å². The van der Waals surface area contributed by atoms with Crippen molar-refractivity contribution in [2.24, 2.45) is 0 Å². The molecule has 0 bridgehead atoms. The highest BCUT2D eigenvalue weighted by atomic mass is 31.2. The number of nitrogens with zero attached hydrogens (tertiary/aromatic N) is 1. The summed E-state index contributed by atoms with van der Waals surface area (Å²) in [4.78, 5) is 16.3. The van der Waals surface area contributed by atoms with Crippen LogP contribution in [0.2, 0.25) is 0 Å². The summed E-state index contributed by atoms with van der Waals surface area (Å²) in [7, 11) is -4.12. The van der Waals surface area contributed by atoms with E-state index in [1.165, 1.54) is 25.8 Å². The second-order valence-electron chi connectivity index (χ2n) is 2.39. The largest absolute Gasteiger partial charge is 0.342 e. The van der Waals surface area contributed by atoms with Crippen molar-refractivity contribution in [1.29, 1.82) is 5.26 Å². The van der Waals surface area contributed by atoms with Crippen molar-refractivity contribution < 1.29 is 14.4 Å². The van der Waals surface area contributed by atoms with Crippen molar-refractivity contribution in [3.05, 3.63) is 0 Å². The van der Waals surface area contributed by atoms with E-state index in [4.69, 9.17) is 15.0 Å². The third kappa shape index (κ3) is 9.64. The predicted molar refractivity (Wildman–Crippen MR) is 47.7 cm³/mol. The molecule has 0 spiro atoms. The maximum Gasteiger partial charge on any atom is 0.342 e. The van der Waals surface area contributed by atoms with Crippen LogP contribution < -0.4 is 0 Å². The molecule has 0 fully saturated rings. The van der Waals surface area contributed by atoms with Crippen LogP contribution in [-0.2, 0) is 4.57 Å². The molecule has 5 heteroatoms. The summed E-state index contributed by atoms with van der Waals surface area (Å²) >= 11 is 0. The predicted octanol–water partition coefficient (Wildman–Crippen LogP) is 1.88. The van der Waals surface area contributed by atoms with Gasteiger partial charge in [-0.2, -0.15) is 5.26 Å². The molecule has 0 aromatic carbocycles. The normalized spacial score (nSPS) is 12.3. The Bertz CT molecular complexity index is 180. The molecule has 0 aliphatic carbocycles. The SMILES string of the molecule is CC(C#N)P(=O)(O)O.CCCC. The van der Waals surface area contributed by atoms with E-state index in [0.29, 0.717) is 0 Å². The van der Waals surface area contributed by atoms with E-state index in [9.17, 15) is 4.57 Å². The molecule has 0 rings (SSSR count). The van der Waals surface area contributed by atoms with Gasteiger partial charge in [-0.1, -0.05) is 26.7 Å². The Kier molecular flexibility index (Phi) is 8.62. The average Bonchev–Trinajstić information content (AvgIpc) is 2.02. The van der Waals surface area contributed by atoms with Gasteiger partial charge in [0.05, 0.1) is 6.07 Å². The Labute approximate surface area is 73.4 Å². The first-order valence-electron chi connectivity index (χ1n) is 3.84. The highest BCUT2D eigenvalue weighted by Crippen LogP contribution is 2.39. The fraction of sp³-hybridized carbons (Fsp3) is 0.857. The molecule has 4 nitrogen and oxygen atoms in total. The number of hydrogen-bond acceptors (Lipinski definition) is 2. The molecule has 0 heterocycles. The Balaban J connectivity index is 0. The average molecular weight is 193 g/mol. The Morgan fingerprint density at radius 2 is 1.75 bits per heavy atom. The molecule has 0 aliphatic heterocycles. The lowest BCUT2D eigenvalue weighted by atomic mass is 10.4. The molecule has 0 amide bonds. The van der Waals surface area contributed by atoms with E-state index >= 15 is 0 Å². The summed E-state index contributed by atoms with van der Waals surface area (Å²) in [5.41, 5.74) is -1.18. The first kappa shape index (κ1) is 14.2. The van der Waals surface area contributed by atoms with E-state index in [2.05, 4.69) is 13.8 Å². The molecule has 0 saturated carbocycles. The lowest BCUT2D eigenvalue weighted by molar-refractivity contribution is 0.368. The smallest absolute Gasteiger partial charge is 0.324 e. The molecule has 1 unspecified atom stereocenters. The Morgan fingerprint density at radius 3 is 1.75 bits per heavy atom. The van der Waals surface area contributed by atoms with Crippen molar-refractivity contribution in [2.45, 2.75) is 39.3 Å². The zero-order chi connectivity index (χ0) is 10.2. The van der Waals surface area contributed by atoms with Crippen LogP contribution in [0.15, 0.2) is 0 Å². The minimum absolute atomic E-state index is 1.18. The minimum atomic E-state index is -4.12. The molecular formula is C7H16NO3P. The second kappa shape index (κ2) is 7.30. The highest BCUT2D eigenvalue weighted by Gasteiger charge is 2.22. The Morgan fingerprint density at radius 1 is 1.42 bits per heavy atom. The van der Waals surface area contributed by atoms with Gasteiger partial charge in [0.2, 0.25) is 0 Å². The summed E-state index contributed by atoms with van der Waals surface area (Å²) in [5, 5.41) is 7.93. The fourth-order valence-electron chi connectivity index (χ4n) is 0.0752. The summed E-state index contributed by atoms with van der Waals surface area (Å²) in [6.45, 7) is 5.54. The van der Waals surface area contributed by atoms with Gasteiger partial charge in [-0.25, -0.2) is 0 Å². The van der Waals surface area contributed by atoms with E-state index in [1.54, 1.807) is 0 Å². The van der Waals surface area contributed by atoms with E-state index in [0.717, 1.165) is 0 Å². The molecule has 0 radical (unpaired) electrons. The molecule has 2 N–H and O–H groups in total. The maximum absolute atomic E-state index is 10.0. The molecule has 0 aromatic rings. The summed E-state index contributed by atoms with van der Waals surface area (Å²) < 4.78 is 10.0. The van der Waals surface area contributed by atoms with E-state index in [1.807, 2.05) is 0 Å². The molecule has 1 atom stereocenters. The van der Waals surface area contributed by atoms with Crippen LogP contribution in [0.3, 0.4) is 0 Å². The number of hydrogen-bond donors (Lipinski definition) is 2. The van der Waals surface area contributed by atoms with Gasteiger partial charge in [0, 0.05) is 0 Å². The summed E-state index contributed by atoms with van der Waals surface area (Å²) in [6, 6.07) is 1.44. The zero-order valence-electron chi connectivity index (χ0n) is 7.69. The third-order valence-corrected chi connectivity index (χ3v) is 2.32. The van der Waals surface area contributed by atoms with E-state index < -0.39 is 13.3 Å². The number of nitriles is 1. The van der Waals surface area contributed by atoms with Crippen molar-refractivity contribution in [1.82, 2.24) is 0 Å². The number of rotatable bonds is 2. The van der Waals surface area contributed by atoms with Crippen LogP contribution in [0.1, 0.15) is 33.6 Å². The standard InChI is InChI=1S/C4H10.C3H6NO3P/c1-3-4-2;1-3(2-4)8(5,6)7/h3-4H2,1-2H3;3H,1H3,(H2,5,6,7). The topological polar surface area (TPSA) is 81.3 Å². The van der Waals surface area contributed by atoms with Crippen LogP contribution >= 0.6 is 7.60 Å². The Hall–Kier alpha value is -0.360. The van der Waals surface area contributed by atoms with Gasteiger partial charge in [-0.3, -0.25) is 4.57 Å². The lowest BCUT2D eigenvalue weighted by Gasteiger charge is -2.01. The first-order valence-corrected chi connectivity index (χ1v) is 5.53. The molecular weight excluding hydrogens is 177 g/mol. The second-order valence-corrected chi connectivity index (χ2v) is 4.35. The van der Waals surface area contributed by atoms with Gasteiger partial charge in [0.1, 0.15) is 5.66 Å². The fourth-order valence-corrected chi connectivity index (χ4v) is 0.226. The van der Waals surface area contributed by atoms with Crippen molar-refractivity contribution >= 4 is 7.60 Å².